The number of oxazole rings is 1. The Morgan fingerprint density at radius 2 is 2.53 bits per heavy atom. The molecule has 0 radical (unpaired) electrons. The summed E-state index contributed by atoms with van der Waals surface area (Å²) in [6, 6.07) is 0. The van der Waals surface area contributed by atoms with E-state index in [4.69, 9.17) is 10.2 Å². The lowest BCUT2D eigenvalue weighted by Crippen LogP contribution is -2.20. The molecule has 1 unspecified atom stereocenters. The lowest BCUT2D eigenvalue weighted by atomic mass is 10.1. The zero-order valence-electron chi connectivity index (χ0n) is 9.28. The Kier molecular flexibility index (Phi) is 3.38. The van der Waals surface area contributed by atoms with Crippen LogP contribution in [0.1, 0.15) is 25.0 Å². The molecule has 1 aliphatic heterocycles. The highest BCUT2D eigenvalue weighted by Gasteiger charge is 2.22. The fourth-order valence-electron chi connectivity index (χ4n) is 2.15. The summed E-state index contributed by atoms with van der Waals surface area (Å²) in [7, 11) is 0. The lowest BCUT2D eigenvalue weighted by Gasteiger charge is -2.11. The molecule has 2 rings (SSSR count). The van der Waals surface area contributed by atoms with Crippen molar-refractivity contribution in [3.8, 4) is 0 Å². The molecule has 1 aromatic heterocycles. The van der Waals surface area contributed by atoms with E-state index in [0.717, 1.165) is 24.6 Å². The van der Waals surface area contributed by atoms with Crippen molar-refractivity contribution in [1.82, 2.24) is 9.88 Å². The van der Waals surface area contributed by atoms with Crippen LogP contribution in [-0.2, 0) is 13.0 Å². The van der Waals surface area contributed by atoms with Gasteiger partial charge in [0.05, 0.1) is 12.7 Å². The van der Waals surface area contributed by atoms with E-state index < -0.39 is 0 Å². The first-order valence-corrected chi connectivity index (χ1v) is 5.67. The predicted molar refractivity (Wildman–Crippen MR) is 58.3 cm³/mol. The molecule has 2 heterocycles. The molecular weight excluding hydrogens is 190 g/mol. The SMILES string of the molecule is CCN1CCC(Cc2ncc(CN)o2)C1. The van der Waals surface area contributed by atoms with Gasteiger partial charge in [-0.2, -0.15) is 0 Å². The average Bonchev–Trinajstić information content (AvgIpc) is 2.87. The molecule has 4 nitrogen and oxygen atoms in total. The number of nitrogens with two attached hydrogens (primary N) is 1. The van der Waals surface area contributed by atoms with Gasteiger partial charge in [0.2, 0.25) is 0 Å². The van der Waals surface area contributed by atoms with Gasteiger partial charge in [0, 0.05) is 13.0 Å². The molecule has 1 fully saturated rings. The van der Waals surface area contributed by atoms with Crippen molar-refractivity contribution in [2.45, 2.75) is 26.3 Å². The second-order valence-electron chi connectivity index (χ2n) is 4.18. The first-order valence-electron chi connectivity index (χ1n) is 5.67. The number of likely N-dealkylation sites (tertiary alicyclic amines) is 1. The fraction of sp³-hybridized carbons (Fsp3) is 0.727. The summed E-state index contributed by atoms with van der Waals surface area (Å²) in [5, 5.41) is 0. The average molecular weight is 209 g/mol. The monoisotopic (exact) mass is 209 g/mol. The van der Waals surface area contributed by atoms with Crippen LogP contribution in [0.25, 0.3) is 0 Å². The van der Waals surface area contributed by atoms with Crippen molar-refractivity contribution in [1.29, 1.82) is 0 Å². The molecule has 0 aliphatic carbocycles. The molecule has 15 heavy (non-hydrogen) atoms. The number of rotatable bonds is 4. The summed E-state index contributed by atoms with van der Waals surface area (Å²) in [5.41, 5.74) is 5.47. The molecule has 1 aromatic rings. The standard InChI is InChI=1S/C11H19N3O/c1-2-14-4-3-9(8-14)5-11-13-7-10(6-12)15-11/h7,9H,2-6,8,12H2,1H3. The zero-order chi connectivity index (χ0) is 10.7. The number of hydrogen-bond donors (Lipinski definition) is 1. The Balaban J connectivity index is 1.87. The van der Waals surface area contributed by atoms with Gasteiger partial charge in [-0.1, -0.05) is 6.92 Å². The van der Waals surface area contributed by atoms with Crippen molar-refractivity contribution in [3.05, 3.63) is 17.8 Å². The van der Waals surface area contributed by atoms with E-state index in [2.05, 4.69) is 16.8 Å². The van der Waals surface area contributed by atoms with Crippen molar-refractivity contribution < 1.29 is 4.42 Å². The summed E-state index contributed by atoms with van der Waals surface area (Å²) in [4.78, 5) is 6.71. The molecule has 0 saturated carbocycles. The maximum Gasteiger partial charge on any atom is 0.194 e. The van der Waals surface area contributed by atoms with E-state index in [9.17, 15) is 0 Å². The minimum absolute atomic E-state index is 0.443. The first-order chi connectivity index (χ1) is 7.31. The van der Waals surface area contributed by atoms with E-state index in [1.165, 1.54) is 19.5 Å². The molecule has 0 amide bonds. The Bertz CT molecular complexity index is 311. The van der Waals surface area contributed by atoms with Gasteiger partial charge in [0.15, 0.2) is 5.89 Å². The molecule has 0 aromatic carbocycles. The molecule has 1 aliphatic rings. The van der Waals surface area contributed by atoms with E-state index >= 15 is 0 Å². The first kappa shape index (κ1) is 10.6. The molecular formula is C11H19N3O. The predicted octanol–water partition coefficient (Wildman–Crippen LogP) is 1.02. The lowest BCUT2D eigenvalue weighted by molar-refractivity contribution is 0.334. The maximum atomic E-state index is 5.51. The molecule has 4 heteroatoms. The number of hydrogen-bond acceptors (Lipinski definition) is 4. The van der Waals surface area contributed by atoms with Crippen LogP contribution in [0.15, 0.2) is 10.6 Å². The Hall–Kier alpha value is -0.870. The van der Waals surface area contributed by atoms with Gasteiger partial charge in [-0.25, -0.2) is 4.98 Å². The van der Waals surface area contributed by atoms with Gasteiger partial charge in [0.1, 0.15) is 5.76 Å². The van der Waals surface area contributed by atoms with Crippen molar-refractivity contribution >= 4 is 0 Å². The van der Waals surface area contributed by atoms with Gasteiger partial charge < -0.3 is 15.1 Å². The summed E-state index contributed by atoms with van der Waals surface area (Å²) >= 11 is 0. The van der Waals surface area contributed by atoms with Crippen LogP contribution in [-0.4, -0.2) is 29.5 Å². The number of aromatic nitrogens is 1. The minimum atomic E-state index is 0.443. The molecule has 0 bridgehead atoms. The summed E-state index contributed by atoms with van der Waals surface area (Å²) in [6.07, 6.45) is 3.95. The van der Waals surface area contributed by atoms with Crippen LogP contribution in [0, 0.1) is 5.92 Å². The van der Waals surface area contributed by atoms with Crippen LogP contribution in [0.2, 0.25) is 0 Å². The second kappa shape index (κ2) is 4.77. The van der Waals surface area contributed by atoms with E-state index in [1.54, 1.807) is 6.20 Å². The summed E-state index contributed by atoms with van der Waals surface area (Å²) in [6.45, 7) is 6.19. The molecule has 2 N–H and O–H groups in total. The number of nitrogens with zero attached hydrogens (tertiary/aromatic N) is 2. The minimum Gasteiger partial charge on any atom is -0.444 e. The van der Waals surface area contributed by atoms with Gasteiger partial charge in [-0.15, -0.1) is 0 Å². The highest BCUT2D eigenvalue weighted by Crippen LogP contribution is 2.20. The van der Waals surface area contributed by atoms with Gasteiger partial charge in [-0.05, 0) is 25.4 Å². The van der Waals surface area contributed by atoms with Crippen LogP contribution in [0.3, 0.4) is 0 Å². The topological polar surface area (TPSA) is 55.3 Å². The van der Waals surface area contributed by atoms with Crippen molar-refractivity contribution in [3.63, 3.8) is 0 Å². The highest BCUT2D eigenvalue weighted by atomic mass is 16.4. The third-order valence-corrected chi connectivity index (χ3v) is 3.08. The normalized spacial score (nSPS) is 22.4. The molecule has 84 valence electrons. The third-order valence-electron chi connectivity index (χ3n) is 3.08. The van der Waals surface area contributed by atoms with E-state index in [1.807, 2.05) is 0 Å². The zero-order valence-corrected chi connectivity index (χ0v) is 9.28. The van der Waals surface area contributed by atoms with Crippen LogP contribution >= 0.6 is 0 Å². The van der Waals surface area contributed by atoms with Crippen LogP contribution in [0.5, 0.6) is 0 Å². The smallest absolute Gasteiger partial charge is 0.194 e. The van der Waals surface area contributed by atoms with Crippen molar-refractivity contribution in [2.75, 3.05) is 19.6 Å². The van der Waals surface area contributed by atoms with Crippen LogP contribution in [0.4, 0.5) is 0 Å². The Labute approximate surface area is 90.5 Å². The third kappa shape index (κ3) is 2.58. The summed E-state index contributed by atoms with van der Waals surface area (Å²) in [5.74, 6) is 2.34. The summed E-state index contributed by atoms with van der Waals surface area (Å²) < 4.78 is 5.51. The molecule has 1 atom stereocenters. The second-order valence-corrected chi connectivity index (χ2v) is 4.18. The van der Waals surface area contributed by atoms with E-state index in [0.29, 0.717) is 12.5 Å². The van der Waals surface area contributed by atoms with Crippen LogP contribution < -0.4 is 5.73 Å². The quantitative estimate of drug-likeness (QED) is 0.804. The molecule has 0 spiro atoms. The Morgan fingerprint density at radius 1 is 1.67 bits per heavy atom. The highest BCUT2D eigenvalue weighted by molar-refractivity contribution is 4.95. The molecule has 1 saturated heterocycles. The van der Waals surface area contributed by atoms with Crippen molar-refractivity contribution in [2.24, 2.45) is 11.7 Å². The van der Waals surface area contributed by atoms with E-state index in [-0.39, 0.29) is 0 Å². The maximum absolute atomic E-state index is 5.51. The van der Waals surface area contributed by atoms with Gasteiger partial charge in [-0.3, -0.25) is 0 Å². The largest absolute Gasteiger partial charge is 0.444 e. The van der Waals surface area contributed by atoms with Gasteiger partial charge >= 0.3 is 0 Å². The Morgan fingerprint density at radius 3 is 3.13 bits per heavy atom. The van der Waals surface area contributed by atoms with Gasteiger partial charge in [0.25, 0.3) is 0 Å². The fourth-order valence-corrected chi connectivity index (χ4v) is 2.15.